The van der Waals surface area contributed by atoms with E-state index in [1.165, 1.54) is 55.7 Å². The van der Waals surface area contributed by atoms with Gasteiger partial charge in [-0.2, -0.15) is 8.42 Å². The van der Waals surface area contributed by atoms with Crippen molar-refractivity contribution in [1.82, 2.24) is 0 Å². The second kappa shape index (κ2) is 8.97. The molecule has 1 fully saturated rings. The average Bonchev–Trinajstić information content (AvgIpc) is 2.53. The summed E-state index contributed by atoms with van der Waals surface area (Å²) in [5.41, 5.74) is 2.11. The Labute approximate surface area is 155 Å². The molecule has 0 aliphatic heterocycles. The van der Waals surface area contributed by atoms with Crippen LogP contribution in [0.1, 0.15) is 64.9 Å². The topological polar surface area (TPSA) is 54.4 Å². The lowest BCUT2D eigenvalue weighted by molar-refractivity contribution is 0.446. The van der Waals surface area contributed by atoms with Gasteiger partial charge < -0.3 is 0 Å². The van der Waals surface area contributed by atoms with Crippen molar-refractivity contribution in [3.05, 3.63) is 29.8 Å². The van der Waals surface area contributed by atoms with Gasteiger partial charge in [-0.15, -0.1) is 7.92 Å². The minimum Gasteiger partial charge on any atom is -0.282 e. The molecule has 5 heteroatoms. The van der Waals surface area contributed by atoms with Gasteiger partial charge in [0.25, 0.3) is 10.1 Å². The van der Waals surface area contributed by atoms with Crippen LogP contribution in [0.2, 0.25) is 0 Å². The normalized spacial score (nSPS) is 22.1. The summed E-state index contributed by atoms with van der Waals surface area (Å²) in [5, 5.41) is 0. The summed E-state index contributed by atoms with van der Waals surface area (Å²) >= 11 is 0. The van der Waals surface area contributed by atoms with Crippen molar-refractivity contribution >= 4 is 18.0 Å². The molecule has 0 atom stereocenters. The Morgan fingerprint density at radius 1 is 0.960 bits per heavy atom. The van der Waals surface area contributed by atoms with E-state index in [1.807, 2.05) is 12.1 Å². The van der Waals surface area contributed by atoms with Crippen molar-refractivity contribution in [3.8, 4) is 0 Å². The molecule has 0 radical (unpaired) electrons. The fraction of sp³-hybridized carbons (Fsp3) is 0.700. The molecular formula is C20H33O3PS. The maximum atomic E-state index is 11.2. The van der Waals surface area contributed by atoms with E-state index in [-0.39, 0.29) is 12.8 Å². The second-order valence-corrected chi connectivity index (χ2v) is 12.4. The molecule has 0 spiro atoms. The highest BCUT2D eigenvalue weighted by atomic mass is 32.2. The van der Waals surface area contributed by atoms with Crippen molar-refractivity contribution in [2.75, 3.05) is 12.3 Å². The lowest BCUT2D eigenvalue weighted by Gasteiger charge is -2.36. The highest BCUT2D eigenvalue weighted by Crippen LogP contribution is 2.52. The standard InChI is InChI=1S/C20H33O3PS/c1-15(2)13-24(14-16(3)4)19-9-5-17(6-10-19)18-7-11-20(12-8-18)25(21,22)23/h7-8,11-12,15-17,19H,5-6,9-10,13-14H2,1-4H3,(H,21,22,23). The van der Waals surface area contributed by atoms with Gasteiger partial charge in [-0.3, -0.25) is 4.55 Å². The average molecular weight is 385 g/mol. The van der Waals surface area contributed by atoms with E-state index >= 15 is 0 Å². The highest BCUT2D eigenvalue weighted by Gasteiger charge is 2.28. The molecule has 142 valence electrons. The maximum Gasteiger partial charge on any atom is 0.294 e. The van der Waals surface area contributed by atoms with Crippen LogP contribution in [-0.2, 0) is 10.1 Å². The Balaban J connectivity index is 1.98. The molecule has 0 unspecified atom stereocenters. The third-order valence-electron chi connectivity index (χ3n) is 5.06. The highest BCUT2D eigenvalue weighted by molar-refractivity contribution is 7.85. The summed E-state index contributed by atoms with van der Waals surface area (Å²) in [6, 6.07) is 6.81. The SMILES string of the molecule is CC(C)CP(CC(C)C)C1CCC(c2ccc(S(=O)(=O)O)cc2)CC1. The van der Waals surface area contributed by atoms with Crippen molar-refractivity contribution in [2.45, 2.75) is 69.9 Å². The van der Waals surface area contributed by atoms with Gasteiger partial charge in [0.1, 0.15) is 0 Å². The zero-order chi connectivity index (χ0) is 18.6. The fourth-order valence-electron chi connectivity index (χ4n) is 4.00. The van der Waals surface area contributed by atoms with Crippen LogP contribution in [0.15, 0.2) is 29.2 Å². The second-order valence-electron chi connectivity index (χ2n) is 8.29. The van der Waals surface area contributed by atoms with E-state index in [1.54, 1.807) is 0 Å². The van der Waals surface area contributed by atoms with Crippen LogP contribution < -0.4 is 0 Å². The lowest BCUT2D eigenvalue weighted by atomic mass is 9.84. The Hall–Kier alpha value is -0.440. The first-order valence-electron chi connectivity index (χ1n) is 9.48. The van der Waals surface area contributed by atoms with Crippen molar-refractivity contribution < 1.29 is 13.0 Å². The molecule has 1 aromatic rings. The predicted octanol–water partition coefficient (Wildman–Crippen LogP) is 5.75. The summed E-state index contributed by atoms with van der Waals surface area (Å²) in [6.45, 7) is 9.38. The van der Waals surface area contributed by atoms with Crippen LogP contribution in [0, 0.1) is 11.8 Å². The number of hydrogen-bond donors (Lipinski definition) is 1. The summed E-state index contributed by atoms with van der Waals surface area (Å²) in [7, 11) is -3.97. The van der Waals surface area contributed by atoms with Crippen LogP contribution in [0.25, 0.3) is 0 Å². The molecule has 1 saturated carbocycles. The monoisotopic (exact) mass is 384 g/mol. The first-order chi connectivity index (χ1) is 11.7. The quantitative estimate of drug-likeness (QED) is 0.481. The van der Waals surface area contributed by atoms with Crippen LogP contribution in [0.5, 0.6) is 0 Å². The summed E-state index contributed by atoms with van der Waals surface area (Å²) in [5.74, 6) is 2.10. The molecule has 0 bridgehead atoms. The van der Waals surface area contributed by atoms with E-state index < -0.39 is 10.1 Å². The molecule has 1 aromatic carbocycles. The number of hydrogen-bond acceptors (Lipinski definition) is 2. The smallest absolute Gasteiger partial charge is 0.282 e. The van der Waals surface area contributed by atoms with Gasteiger partial charge in [-0.25, -0.2) is 0 Å². The van der Waals surface area contributed by atoms with Crippen LogP contribution in [0.3, 0.4) is 0 Å². The fourth-order valence-corrected chi connectivity index (χ4v) is 8.13. The third-order valence-corrected chi connectivity index (χ3v) is 9.88. The summed E-state index contributed by atoms with van der Waals surface area (Å²) in [4.78, 5) is -0.0117. The molecule has 25 heavy (non-hydrogen) atoms. The van der Waals surface area contributed by atoms with E-state index in [9.17, 15) is 8.42 Å². The van der Waals surface area contributed by atoms with Gasteiger partial charge in [-0.1, -0.05) is 39.8 Å². The van der Waals surface area contributed by atoms with Gasteiger partial charge in [0.2, 0.25) is 0 Å². The van der Waals surface area contributed by atoms with E-state index in [0.717, 1.165) is 17.5 Å². The third kappa shape index (κ3) is 6.34. The van der Waals surface area contributed by atoms with Gasteiger partial charge in [0.15, 0.2) is 0 Å². The molecular weight excluding hydrogens is 351 g/mol. The maximum absolute atomic E-state index is 11.2. The molecule has 1 aliphatic carbocycles. The zero-order valence-electron chi connectivity index (χ0n) is 16.0. The summed E-state index contributed by atoms with van der Waals surface area (Å²) < 4.78 is 31.4. The predicted molar refractivity (Wildman–Crippen MR) is 108 cm³/mol. The molecule has 1 aliphatic rings. The molecule has 2 rings (SSSR count). The van der Waals surface area contributed by atoms with Gasteiger partial charge in [0.05, 0.1) is 4.90 Å². The summed E-state index contributed by atoms with van der Waals surface area (Å²) in [6.07, 6.45) is 7.79. The van der Waals surface area contributed by atoms with Crippen molar-refractivity contribution in [2.24, 2.45) is 11.8 Å². The van der Waals surface area contributed by atoms with Crippen molar-refractivity contribution in [3.63, 3.8) is 0 Å². The molecule has 1 N–H and O–H groups in total. The zero-order valence-corrected chi connectivity index (χ0v) is 17.7. The number of rotatable bonds is 7. The Bertz CT molecular complexity index is 619. The largest absolute Gasteiger partial charge is 0.294 e. The first kappa shape index (κ1) is 20.9. The van der Waals surface area contributed by atoms with Crippen molar-refractivity contribution in [1.29, 1.82) is 0 Å². The Kier molecular flexibility index (Phi) is 7.49. The molecule has 0 heterocycles. The van der Waals surface area contributed by atoms with E-state index in [0.29, 0.717) is 5.92 Å². The van der Waals surface area contributed by atoms with Crippen LogP contribution in [-0.4, -0.2) is 31.0 Å². The minimum absolute atomic E-state index is 0.0117. The van der Waals surface area contributed by atoms with E-state index in [2.05, 4.69) is 27.7 Å². The lowest BCUT2D eigenvalue weighted by Crippen LogP contribution is -2.20. The molecule has 3 nitrogen and oxygen atoms in total. The molecule has 0 saturated heterocycles. The van der Waals surface area contributed by atoms with Gasteiger partial charge >= 0.3 is 0 Å². The van der Waals surface area contributed by atoms with Gasteiger partial charge in [0, 0.05) is 0 Å². The molecule has 0 aromatic heterocycles. The Morgan fingerprint density at radius 2 is 1.44 bits per heavy atom. The van der Waals surface area contributed by atoms with Gasteiger partial charge in [-0.05, 0) is 79.1 Å². The first-order valence-corrected chi connectivity index (χ1v) is 12.7. The van der Waals surface area contributed by atoms with Crippen LogP contribution >= 0.6 is 7.92 Å². The minimum atomic E-state index is -4.09. The molecule has 0 amide bonds. The van der Waals surface area contributed by atoms with Crippen LogP contribution in [0.4, 0.5) is 0 Å². The number of benzene rings is 1. The van der Waals surface area contributed by atoms with E-state index in [4.69, 9.17) is 4.55 Å². The Morgan fingerprint density at radius 3 is 1.84 bits per heavy atom.